The van der Waals surface area contributed by atoms with E-state index in [0.29, 0.717) is 11.1 Å². The Bertz CT molecular complexity index is 541. The number of phenols is 1. The van der Waals surface area contributed by atoms with Gasteiger partial charge in [0, 0.05) is 12.1 Å². The third-order valence-corrected chi connectivity index (χ3v) is 2.64. The molecular weight excluding hydrogens is 341 g/mol. The minimum Gasteiger partial charge on any atom is -1.00 e. The summed E-state index contributed by atoms with van der Waals surface area (Å²) in [6.45, 7) is 2.01. The van der Waals surface area contributed by atoms with E-state index in [1.54, 1.807) is 29.7 Å². The first-order valence-electron chi connectivity index (χ1n) is 5.44. The van der Waals surface area contributed by atoms with Crippen molar-refractivity contribution >= 4 is 5.78 Å². The Morgan fingerprint density at radius 2 is 1.83 bits per heavy atom. The number of halogens is 1. The standard InChI is InChI=1S/C14H13NO2.HI/c1-11-6-5-7-12(14(11)17)13(16)10-15-8-3-2-4-9-15;/h2-9H,10H2,1H3;1H. The lowest BCUT2D eigenvalue weighted by Crippen LogP contribution is -3.00. The highest BCUT2D eigenvalue weighted by Crippen LogP contribution is 2.21. The minimum absolute atomic E-state index is 0. The van der Waals surface area contributed by atoms with Crippen molar-refractivity contribution in [1.82, 2.24) is 0 Å². The molecule has 0 spiro atoms. The summed E-state index contributed by atoms with van der Waals surface area (Å²) in [6.07, 6.45) is 3.65. The summed E-state index contributed by atoms with van der Waals surface area (Å²) in [7, 11) is 0. The van der Waals surface area contributed by atoms with Gasteiger partial charge in [-0.05, 0) is 18.6 Å². The number of phenolic OH excluding ortho intramolecular Hbond substituents is 1. The number of aryl methyl sites for hydroxylation is 1. The Morgan fingerprint density at radius 1 is 1.17 bits per heavy atom. The Balaban J connectivity index is 0.00000162. The van der Waals surface area contributed by atoms with Crippen molar-refractivity contribution in [2.24, 2.45) is 0 Å². The molecule has 0 aliphatic rings. The average Bonchev–Trinajstić information content (AvgIpc) is 2.34. The van der Waals surface area contributed by atoms with Gasteiger partial charge in [0.15, 0.2) is 12.4 Å². The van der Waals surface area contributed by atoms with Crippen molar-refractivity contribution in [2.75, 3.05) is 0 Å². The fourth-order valence-electron chi connectivity index (χ4n) is 1.67. The maximum atomic E-state index is 12.0. The highest BCUT2D eigenvalue weighted by Gasteiger charge is 2.16. The number of hydrogen-bond donors (Lipinski definition) is 1. The first kappa shape index (κ1) is 14.6. The van der Waals surface area contributed by atoms with Gasteiger partial charge in [0.2, 0.25) is 12.3 Å². The van der Waals surface area contributed by atoms with Gasteiger partial charge in [0.25, 0.3) is 0 Å². The number of aromatic nitrogens is 1. The maximum Gasteiger partial charge on any atom is 0.231 e. The molecule has 0 fully saturated rings. The number of para-hydroxylation sites is 1. The number of nitrogens with zero attached hydrogens (tertiary/aromatic N) is 1. The fraction of sp³-hybridized carbons (Fsp3) is 0.143. The smallest absolute Gasteiger partial charge is 0.231 e. The lowest BCUT2D eigenvalue weighted by Gasteiger charge is -2.04. The Hall–Kier alpha value is -1.43. The number of ketones is 1. The van der Waals surface area contributed by atoms with E-state index in [2.05, 4.69) is 0 Å². The van der Waals surface area contributed by atoms with Crippen molar-refractivity contribution in [2.45, 2.75) is 13.5 Å². The first-order valence-corrected chi connectivity index (χ1v) is 5.44. The van der Waals surface area contributed by atoms with Crippen LogP contribution in [0.1, 0.15) is 15.9 Å². The van der Waals surface area contributed by atoms with Crippen LogP contribution in [0.15, 0.2) is 48.8 Å². The molecule has 4 heteroatoms. The van der Waals surface area contributed by atoms with Crippen LogP contribution in [0.2, 0.25) is 0 Å². The van der Waals surface area contributed by atoms with Gasteiger partial charge in [-0.2, -0.15) is 4.57 Å². The predicted molar refractivity (Wildman–Crippen MR) is 63.8 cm³/mol. The van der Waals surface area contributed by atoms with E-state index < -0.39 is 0 Å². The molecule has 0 aliphatic heterocycles. The second kappa shape index (κ2) is 6.49. The van der Waals surface area contributed by atoms with Gasteiger partial charge < -0.3 is 29.1 Å². The number of carbonyl (C=O) groups excluding carboxylic acids is 1. The quantitative estimate of drug-likeness (QED) is 0.431. The Kier molecular flexibility index (Phi) is 5.27. The van der Waals surface area contributed by atoms with Gasteiger partial charge in [0.05, 0.1) is 5.56 Å². The molecule has 0 radical (unpaired) electrons. The summed E-state index contributed by atoms with van der Waals surface area (Å²) in [5, 5.41) is 9.82. The Labute approximate surface area is 123 Å². The summed E-state index contributed by atoms with van der Waals surface area (Å²) in [6, 6.07) is 10.8. The lowest BCUT2D eigenvalue weighted by atomic mass is 10.1. The number of Topliss-reactive ketones (excluding diaryl/α,β-unsaturated/α-hetero) is 1. The monoisotopic (exact) mass is 355 g/mol. The molecule has 2 aromatic rings. The maximum absolute atomic E-state index is 12.0. The fourth-order valence-corrected chi connectivity index (χ4v) is 1.67. The van der Waals surface area contributed by atoms with E-state index in [-0.39, 0.29) is 42.1 Å². The lowest BCUT2D eigenvalue weighted by molar-refractivity contribution is -0.683. The van der Waals surface area contributed by atoms with Crippen LogP contribution in [0.4, 0.5) is 0 Å². The second-order valence-corrected chi connectivity index (χ2v) is 3.94. The van der Waals surface area contributed by atoms with E-state index >= 15 is 0 Å². The molecule has 1 N–H and O–H groups in total. The molecule has 1 heterocycles. The van der Waals surface area contributed by atoms with E-state index in [1.807, 2.05) is 30.6 Å². The largest absolute Gasteiger partial charge is 1.00 e. The molecule has 1 aromatic carbocycles. The predicted octanol–water partition coefficient (Wildman–Crippen LogP) is -1.12. The van der Waals surface area contributed by atoms with Gasteiger partial charge in [-0.3, -0.25) is 4.79 Å². The zero-order chi connectivity index (χ0) is 12.3. The van der Waals surface area contributed by atoms with E-state index in [1.165, 1.54) is 0 Å². The molecular formula is C14H14INO2. The van der Waals surface area contributed by atoms with Crippen LogP contribution in [0.25, 0.3) is 0 Å². The van der Waals surface area contributed by atoms with Crippen LogP contribution in [0.3, 0.4) is 0 Å². The van der Waals surface area contributed by atoms with Gasteiger partial charge in [-0.15, -0.1) is 0 Å². The zero-order valence-corrected chi connectivity index (χ0v) is 12.2. The van der Waals surface area contributed by atoms with Gasteiger partial charge >= 0.3 is 0 Å². The molecule has 94 valence electrons. The molecule has 2 rings (SSSR count). The summed E-state index contributed by atoms with van der Waals surface area (Å²) in [5.41, 5.74) is 1.09. The minimum atomic E-state index is -0.0950. The number of carbonyl (C=O) groups is 1. The molecule has 0 saturated heterocycles. The third-order valence-electron chi connectivity index (χ3n) is 2.64. The van der Waals surface area contributed by atoms with Gasteiger partial charge in [-0.25, -0.2) is 0 Å². The molecule has 0 bridgehead atoms. The van der Waals surface area contributed by atoms with Gasteiger partial charge in [-0.1, -0.05) is 18.2 Å². The Morgan fingerprint density at radius 3 is 2.50 bits per heavy atom. The summed E-state index contributed by atoms with van der Waals surface area (Å²) in [4.78, 5) is 12.0. The summed E-state index contributed by atoms with van der Waals surface area (Å²) in [5.74, 6) is -0.0172. The van der Waals surface area contributed by atoms with E-state index in [9.17, 15) is 9.90 Å². The van der Waals surface area contributed by atoms with Crippen LogP contribution >= 0.6 is 0 Å². The molecule has 0 atom stereocenters. The van der Waals surface area contributed by atoms with Crippen molar-refractivity contribution in [3.8, 4) is 5.75 Å². The molecule has 3 nitrogen and oxygen atoms in total. The van der Waals surface area contributed by atoms with Crippen molar-refractivity contribution in [3.05, 3.63) is 59.9 Å². The molecule has 18 heavy (non-hydrogen) atoms. The van der Waals surface area contributed by atoms with Crippen LogP contribution in [-0.4, -0.2) is 10.9 Å². The van der Waals surface area contributed by atoms with Crippen molar-refractivity contribution < 1.29 is 38.4 Å². The SMILES string of the molecule is Cc1cccc(C(=O)C[n+]2ccccc2)c1O.[I-]. The van der Waals surface area contributed by atoms with Crippen LogP contribution in [0.5, 0.6) is 5.75 Å². The van der Waals surface area contributed by atoms with Crippen molar-refractivity contribution in [3.63, 3.8) is 0 Å². The molecule has 0 saturated carbocycles. The first-order chi connectivity index (χ1) is 8.18. The molecule has 0 unspecified atom stereocenters. The average molecular weight is 355 g/mol. The van der Waals surface area contributed by atoms with E-state index in [4.69, 9.17) is 0 Å². The van der Waals surface area contributed by atoms with Crippen LogP contribution in [-0.2, 0) is 6.54 Å². The second-order valence-electron chi connectivity index (χ2n) is 3.94. The number of pyridine rings is 1. The summed E-state index contributed by atoms with van der Waals surface area (Å²) < 4.78 is 1.78. The van der Waals surface area contributed by atoms with Gasteiger partial charge in [0.1, 0.15) is 5.75 Å². The normalized spacial score (nSPS) is 9.61. The molecule has 0 aliphatic carbocycles. The molecule has 1 aromatic heterocycles. The highest BCUT2D eigenvalue weighted by molar-refractivity contribution is 5.97. The topological polar surface area (TPSA) is 41.2 Å². The van der Waals surface area contributed by atoms with Crippen LogP contribution in [0, 0.1) is 6.92 Å². The van der Waals surface area contributed by atoms with Crippen LogP contribution < -0.4 is 28.5 Å². The third kappa shape index (κ3) is 3.29. The number of benzene rings is 1. The van der Waals surface area contributed by atoms with Crippen molar-refractivity contribution in [1.29, 1.82) is 0 Å². The summed E-state index contributed by atoms with van der Waals surface area (Å²) >= 11 is 0. The van der Waals surface area contributed by atoms with E-state index in [0.717, 1.165) is 0 Å². The highest BCUT2D eigenvalue weighted by atomic mass is 127. The number of hydrogen-bond acceptors (Lipinski definition) is 2. The number of aromatic hydroxyl groups is 1. The molecule has 0 amide bonds. The zero-order valence-electron chi connectivity index (χ0n) is 10.0. The number of rotatable bonds is 3.